The van der Waals surface area contributed by atoms with Crippen LogP contribution in [0.2, 0.25) is 0 Å². The molecule has 0 amide bonds. The molecule has 2 nitrogen and oxygen atoms in total. The van der Waals surface area contributed by atoms with Crippen LogP contribution in [0.3, 0.4) is 0 Å². The van der Waals surface area contributed by atoms with Crippen molar-refractivity contribution in [3.8, 4) is 0 Å². The minimum absolute atomic E-state index is 1.14. The predicted octanol–water partition coefficient (Wildman–Crippen LogP) is 2.60. The molecule has 0 radical (unpaired) electrons. The lowest BCUT2D eigenvalue weighted by Crippen LogP contribution is -2.09. The second-order valence-corrected chi connectivity index (χ2v) is 4.14. The van der Waals surface area contributed by atoms with E-state index in [9.17, 15) is 0 Å². The fourth-order valence-electron chi connectivity index (χ4n) is 2.41. The van der Waals surface area contributed by atoms with Crippen LogP contribution in [0.25, 0.3) is 10.9 Å². The summed E-state index contributed by atoms with van der Waals surface area (Å²) in [5, 5.41) is 1.40. The van der Waals surface area contributed by atoms with Crippen molar-refractivity contribution in [1.82, 2.24) is 9.55 Å². The van der Waals surface area contributed by atoms with Gasteiger partial charge in [0.1, 0.15) is 0 Å². The number of aryl methyl sites for hydroxylation is 4. The quantitative estimate of drug-likeness (QED) is 0.618. The first-order chi connectivity index (χ1) is 6.77. The molecule has 1 aliphatic heterocycles. The Morgan fingerprint density at radius 1 is 1.36 bits per heavy atom. The molecule has 0 aliphatic carbocycles. The predicted molar refractivity (Wildman–Crippen MR) is 57.5 cm³/mol. The monoisotopic (exact) mass is 186 g/mol. The van der Waals surface area contributed by atoms with Crippen molar-refractivity contribution in [3.05, 3.63) is 29.2 Å². The van der Waals surface area contributed by atoms with Gasteiger partial charge in [-0.05, 0) is 38.3 Å². The van der Waals surface area contributed by atoms with Crippen LogP contribution in [0.15, 0.2) is 12.3 Å². The standard InChI is InChI=1S/C12H14N2/c1-8-9(2)13-11-4-3-6-14-7-5-10(8)12(11)14/h5,7H,3-4,6H2,1-2H3. The van der Waals surface area contributed by atoms with Crippen LogP contribution in [-0.4, -0.2) is 9.55 Å². The van der Waals surface area contributed by atoms with Gasteiger partial charge in [-0.3, -0.25) is 4.98 Å². The maximum Gasteiger partial charge on any atom is 0.0702 e. The Balaban J connectivity index is 2.50. The highest BCUT2D eigenvalue weighted by Gasteiger charge is 2.15. The highest BCUT2D eigenvalue weighted by molar-refractivity contribution is 5.86. The van der Waals surface area contributed by atoms with Crippen molar-refractivity contribution in [3.63, 3.8) is 0 Å². The van der Waals surface area contributed by atoms with Gasteiger partial charge in [-0.1, -0.05) is 0 Å². The molecule has 0 unspecified atom stereocenters. The Morgan fingerprint density at radius 2 is 2.21 bits per heavy atom. The number of nitrogens with zero attached hydrogens (tertiary/aromatic N) is 2. The van der Waals surface area contributed by atoms with Crippen molar-refractivity contribution in [1.29, 1.82) is 0 Å². The van der Waals surface area contributed by atoms with Gasteiger partial charge in [0.05, 0.1) is 11.2 Å². The zero-order valence-electron chi connectivity index (χ0n) is 8.67. The molecular formula is C12H14N2. The number of hydrogen-bond donors (Lipinski definition) is 0. The van der Waals surface area contributed by atoms with Gasteiger partial charge >= 0.3 is 0 Å². The van der Waals surface area contributed by atoms with Crippen LogP contribution >= 0.6 is 0 Å². The van der Waals surface area contributed by atoms with E-state index in [1.54, 1.807) is 0 Å². The van der Waals surface area contributed by atoms with Crippen LogP contribution < -0.4 is 0 Å². The van der Waals surface area contributed by atoms with Crippen LogP contribution in [0.1, 0.15) is 23.4 Å². The highest BCUT2D eigenvalue weighted by atomic mass is 15.0. The van der Waals surface area contributed by atoms with Crippen molar-refractivity contribution >= 4 is 10.9 Å². The minimum atomic E-state index is 1.14. The van der Waals surface area contributed by atoms with Crippen molar-refractivity contribution in [2.24, 2.45) is 0 Å². The van der Waals surface area contributed by atoms with E-state index in [-0.39, 0.29) is 0 Å². The first kappa shape index (κ1) is 8.04. The minimum Gasteiger partial charge on any atom is -0.346 e. The summed E-state index contributed by atoms with van der Waals surface area (Å²) in [6, 6.07) is 2.23. The van der Waals surface area contributed by atoms with E-state index in [1.165, 1.54) is 34.3 Å². The Bertz CT molecular complexity index is 509. The molecule has 2 aromatic heterocycles. The number of hydrogen-bond acceptors (Lipinski definition) is 1. The van der Waals surface area contributed by atoms with Crippen molar-refractivity contribution in [2.45, 2.75) is 33.2 Å². The largest absolute Gasteiger partial charge is 0.346 e. The van der Waals surface area contributed by atoms with Crippen LogP contribution in [0.4, 0.5) is 0 Å². The molecule has 0 N–H and O–H groups in total. The second-order valence-electron chi connectivity index (χ2n) is 4.14. The third-order valence-corrected chi connectivity index (χ3v) is 3.30. The number of rotatable bonds is 0. The molecule has 0 atom stereocenters. The second kappa shape index (κ2) is 2.59. The first-order valence-corrected chi connectivity index (χ1v) is 5.22. The Kier molecular flexibility index (Phi) is 1.49. The van der Waals surface area contributed by atoms with Gasteiger partial charge in [-0.25, -0.2) is 0 Å². The molecule has 0 saturated carbocycles. The maximum atomic E-state index is 4.68. The van der Waals surface area contributed by atoms with E-state index in [2.05, 4.69) is 35.7 Å². The highest BCUT2D eigenvalue weighted by Crippen LogP contribution is 2.28. The van der Waals surface area contributed by atoms with E-state index >= 15 is 0 Å². The number of aromatic nitrogens is 2. The van der Waals surface area contributed by atoms with Gasteiger partial charge in [-0.15, -0.1) is 0 Å². The molecule has 3 heterocycles. The smallest absolute Gasteiger partial charge is 0.0702 e. The van der Waals surface area contributed by atoms with Gasteiger partial charge in [0.2, 0.25) is 0 Å². The van der Waals surface area contributed by atoms with Gasteiger partial charge in [0.25, 0.3) is 0 Å². The summed E-state index contributed by atoms with van der Waals surface area (Å²) in [6.45, 7) is 5.43. The molecular weight excluding hydrogens is 172 g/mol. The molecule has 0 aromatic carbocycles. The van der Waals surface area contributed by atoms with E-state index in [0.29, 0.717) is 0 Å². The van der Waals surface area contributed by atoms with Gasteiger partial charge in [0, 0.05) is 23.8 Å². The lowest BCUT2D eigenvalue weighted by Gasteiger charge is -2.16. The van der Waals surface area contributed by atoms with Gasteiger partial charge in [0.15, 0.2) is 0 Å². The van der Waals surface area contributed by atoms with Crippen LogP contribution in [-0.2, 0) is 13.0 Å². The average molecular weight is 186 g/mol. The first-order valence-electron chi connectivity index (χ1n) is 5.22. The fraction of sp³-hybridized carbons (Fsp3) is 0.417. The molecule has 3 rings (SSSR count). The summed E-state index contributed by atoms with van der Waals surface area (Å²) in [5.74, 6) is 0. The summed E-state index contributed by atoms with van der Waals surface area (Å²) in [4.78, 5) is 4.68. The lowest BCUT2D eigenvalue weighted by molar-refractivity contribution is 0.624. The van der Waals surface area contributed by atoms with Crippen molar-refractivity contribution < 1.29 is 0 Å². The molecule has 2 heteroatoms. The van der Waals surface area contributed by atoms with Gasteiger partial charge in [-0.2, -0.15) is 0 Å². The number of pyridine rings is 1. The van der Waals surface area contributed by atoms with E-state index < -0.39 is 0 Å². The Morgan fingerprint density at radius 3 is 3.07 bits per heavy atom. The lowest BCUT2D eigenvalue weighted by atomic mass is 10.1. The SMILES string of the molecule is Cc1nc2c3c(ccn3CCC2)c1C. The molecule has 0 bridgehead atoms. The van der Waals surface area contributed by atoms with Gasteiger partial charge < -0.3 is 4.57 Å². The normalized spacial score (nSPS) is 15.0. The molecule has 0 fully saturated rings. The Hall–Kier alpha value is -1.31. The average Bonchev–Trinajstić information content (AvgIpc) is 2.60. The zero-order chi connectivity index (χ0) is 9.71. The summed E-state index contributed by atoms with van der Waals surface area (Å²) in [5.41, 5.74) is 5.19. The molecule has 14 heavy (non-hydrogen) atoms. The molecule has 1 aliphatic rings. The molecule has 72 valence electrons. The summed E-state index contributed by atoms with van der Waals surface area (Å²) >= 11 is 0. The summed E-state index contributed by atoms with van der Waals surface area (Å²) in [6.07, 6.45) is 4.56. The van der Waals surface area contributed by atoms with E-state index in [0.717, 1.165) is 13.0 Å². The fourth-order valence-corrected chi connectivity index (χ4v) is 2.41. The summed E-state index contributed by atoms with van der Waals surface area (Å²) in [7, 11) is 0. The zero-order valence-corrected chi connectivity index (χ0v) is 8.67. The molecule has 0 spiro atoms. The van der Waals surface area contributed by atoms with Crippen LogP contribution in [0.5, 0.6) is 0 Å². The van der Waals surface area contributed by atoms with Crippen LogP contribution in [0, 0.1) is 13.8 Å². The third-order valence-electron chi connectivity index (χ3n) is 3.30. The third kappa shape index (κ3) is 0.884. The molecule has 2 aromatic rings. The maximum absolute atomic E-state index is 4.68. The Labute approximate surface area is 83.6 Å². The summed E-state index contributed by atoms with van der Waals surface area (Å²) < 4.78 is 2.34. The van der Waals surface area contributed by atoms with E-state index in [1.807, 2.05) is 0 Å². The topological polar surface area (TPSA) is 17.8 Å². The van der Waals surface area contributed by atoms with E-state index in [4.69, 9.17) is 0 Å². The van der Waals surface area contributed by atoms with Crippen molar-refractivity contribution in [2.75, 3.05) is 0 Å². The molecule has 0 saturated heterocycles.